The van der Waals surface area contributed by atoms with E-state index in [-0.39, 0.29) is 0 Å². The van der Waals surface area contributed by atoms with Crippen LogP contribution in [0.2, 0.25) is 0 Å². The maximum Gasteiger partial charge on any atom is 0.0203 e. The molecule has 4 rings (SSSR count). The molecule has 0 radical (unpaired) electrons. The lowest BCUT2D eigenvalue weighted by molar-refractivity contribution is 0.263. The molecule has 1 heteroatoms. The molecule has 0 aromatic heterocycles. The van der Waals surface area contributed by atoms with E-state index in [0.717, 1.165) is 10.5 Å². The van der Waals surface area contributed by atoms with E-state index < -0.39 is 0 Å². The normalized spacial score (nSPS) is 69.8. The summed E-state index contributed by atoms with van der Waals surface area (Å²) in [5.41, 5.74) is 0. The predicted octanol–water partition coefficient (Wildman–Crippen LogP) is 2.54. The van der Waals surface area contributed by atoms with Gasteiger partial charge in [-0.2, -0.15) is 11.8 Å². The van der Waals surface area contributed by atoms with Gasteiger partial charge < -0.3 is 0 Å². The van der Waals surface area contributed by atoms with Gasteiger partial charge in [-0.25, -0.2) is 0 Å². The Morgan fingerprint density at radius 3 is 2.82 bits per heavy atom. The fourth-order valence-corrected chi connectivity index (χ4v) is 5.81. The quantitative estimate of drug-likeness (QED) is 0.498. The predicted molar refractivity (Wildman–Crippen MR) is 47.6 cm³/mol. The Kier molecular flexibility index (Phi) is 0.891. The number of hydrogen-bond acceptors (Lipinski definition) is 1. The number of rotatable bonds is 0. The van der Waals surface area contributed by atoms with E-state index in [4.69, 9.17) is 0 Å². The van der Waals surface area contributed by atoms with Crippen molar-refractivity contribution in [1.82, 2.24) is 0 Å². The fraction of sp³-hybridized carbons (Fsp3) is 1.00. The lowest BCUT2D eigenvalue weighted by Gasteiger charge is -2.26. The zero-order valence-corrected chi connectivity index (χ0v) is 7.52. The van der Waals surface area contributed by atoms with Gasteiger partial charge >= 0.3 is 0 Å². The molecule has 0 amide bonds. The molecule has 3 aliphatic carbocycles. The standard InChI is InChI=1S/C10H14S/c1-2-6-3-5(1)7-4-8-10(11-8)9(6)7/h5-10H,1-4H2. The lowest BCUT2D eigenvalue weighted by atomic mass is 9.82. The molecule has 4 fully saturated rings. The smallest absolute Gasteiger partial charge is 0.0203 e. The molecule has 0 nitrogen and oxygen atoms in total. The van der Waals surface area contributed by atoms with Crippen molar-refractivity contribution in [1.29, 1.82) is 0 Å². The van der Waals surface area contributed by atoms with Gasteiger partial charge in [0, 0.05) is 10.5 Å². The Labute approximate surface area is 72.1 Å². The van der Waals surface area contributed by atoms with Crippen LogP contribution in [-0.4, -0.2) is 10.5 Å². The molecular formula is C10H14S. The molecular weight excluding hydrogens is 152 g/mol. The molecule has 2 bridgehead atoms. The van der Waals surface area contributed by atoms with Crippen molar-refractivity contribution in [3.8, 4) is 0 Å². The highest BCUT2D eigenvalue weighted by Crippen LogP contribution is 2.69. The first-order chi connectivity index (χ1) is 5.43. The minimum atomic E-state index is 1.15. The number of hydrogen-bond donors (Lipinski definition) is 0. The van der Waals surface area contributed by atoms with Crippen LogP contribution in [0, 0.1) is 23.7 Å². The van der Waals surface area contributed by atoms with Crippen molar-refractivity contribution in [2.45, 2.75) is 36.2 Å². The Morgan fingerprint density at radius 2 is 1.91 bits per heavy atom. The van der Waals surface area contributed by atoms with E-state index in [1.165, 1.54) is 23.7 Å². The van der Waals surface area contributed by atoms with Crippen LogP contribution in [0.3, 0.4) is 0 Å². The number of thioether (sulfide) groups is 1. The van der Waals surface area contributed by atoms with E-state index in [2.05, 4.69) is 11.8 Å². The van der Waals surface area contributed by atoms with Gasteiger partial charge in [-0.3, -0.25) is 0 Å². The highest BCUT2D eigenvalue weighted by molar-refractivity contribution is 8.07. The maximum absolute atomic E-state index is 2.29. The molecule has 1 heterocycles. The van der Waals surface area contributed by atoms with Crippen LogP contribution < -0.4 is 0 Å². The summed E-state index contributed by atoms with van der Waals surface area (Å²) in [6.07, 6.45) is 6.42. The van der Waals surface area contributed by atoms with Gasteiger partial charge in [0.15, 0.2) is 0 Å². The molecule has 0 N–H and O–H groups in total. The minimum absolute atomic E-state index is 1.15. The van der Waals surface area contributed by atoms with Crippen LogP contribution in [0.4, 0.5) is 0 Å². The summed E-state index contributed by atoms with van der Waals surface area (Å²) in [6.45, 7) is 0. The van der Waals surface area contributed by atoms with Crippen LogP contribution in [-0.2, 0) is 0 Å². The largest absolute Gasteiger partial charge is 0.153 e. The topological polar surface area (TPSA) is 0 Å². The van der Waals surface area contributed by atoms with E-state index in [1.807, 2.05) is 0 Å². The first-order valence-corrected chi connectivity index (χ1v) is 6.03. The SMILES string of the molecule is C1CC2CC1C1CC3SC3C21. The highest BCUT2D eigenvalue weighted by Gasteiger charge is 2.63. The van der Waals surface area contributed by atoms with Gasteiger partial charge in [-0.1, -0.05) is 0 Å². The minimum Gasteiger partial charge on any atom is -0.153 e. The zero-order chi connectivity index (χ0) is 7.00. The van der Waals surface area contributed by atoms with Crippen molar-refractivity contribution < 1.29 is 0 Å². The number of fused-ring (bicyclic) bond motifs is 7. The molecule has 1 saturated heterocycles. The van der Waals surface area contributed by atoms with Gasteiger partial charge in [0.05, 0.1) is 0 Å². The molecule has 3 saturated carbocycles. The first-order valence-electron chi connectivity index (χ1n) is 5.09. The van der Waals surface area contributed by atoms with Crippen molar-refractivity contribution in [3.63, 3.8) is 0 Å². The summed E-state index contributed by atoms with van der Waals surface area (Å²) in [4.78, 5) is 0. The average molecular weight is 166 g/mol. The Bertz CT molecular complexity index is 213. The van der Waals surface area contributed by atoms with Gasteiger partial charge in [0.1, 0.15) is 0 Å². The van der Waals surface area contributed by atoms with Gasteiger partial charge in [-0.15, -0.1) is 0 Å². The van der Waals surface area contributed by atoms with Crippen molar-refractivity contribution in [2.75, 3.05) is 0 Å². The summed E-state index contributed by atoms with van der Waals surface area (Å²) in [5.74, 6) is 4.81. The molecule has 0 aromatic carbocycles. The lowest BCUT2D eigenvalue weighted by Crippen LogP contribution is -2.20. The van der Waals surface area contributed by atoms with Crippen LogP contribution in [0.25, 0.3) is 0 Å². The second-order valence-corrected chi connectivity index (χ2v) is 6.37. The Hall–Kier alpha value is 0.350. The molecule has 6 unspecified atom stereocenters. The summed E-state index contributed by atoms with van der Waals surface area (Å²) < 4.78 is 0. The summed E-state index contributed by atoms with van der Waals surface area (Å²) in [7, 11) is 0. The van der Waals surface area contributed by atoms with Crippen LogP contribution >= 0.6 is 11.8 Å². The van der Waals surface area contributed by atoms with E-state index in [1.54, 1.807) is 25.7 Å². The van der Waals surface area contributed by atoms with Gasteiger partial charge in [0.2, 0.25) is 0 Å². The zero-order valence-electron chi connectivity index (χ0n) is 6.70. The Morgan fingerprint density at radius 1 is 1.00 bits per heavy atom. The van der Waals surface area contributed by atoms with Gasteiger partial charge in [-0.05, 0) is 49.4 Å². The average Bonchev–Trinajstić information content (AvgIpc) is 2.53. The van der Waals surface area contributed by atoms with E-state index in [9.17, 15) is 0 Å². The van der Waals surface area contributed by atoms with Crippen LogP contribution in [0.5, 0.6) is 0 Å². The Balaban J connectivity index is 1.76. The monoisotopic (exact) mass is 166 g/mol. The fourth-order valence-electron chi connectivity index (χ4n) is 4.27. The molecule has 4 aliphatic rings. The van der Waals surface area contributed by atoms with Crippen molar-refractivity contribution >= 4 is 11.8 Å². The van der Waals surface area contributed by atoms with Gasteiger partial charge in [0.25, 0.3) is 0 Å². The van der Waals surface area contributed by atoms with Crippen LogP contribution in [0.15, 0.2) is 0 Å². The molecule has 0 aromatic rings. The summed E-state index contributed by atoms with van der Waals surface area (Å²) in [6, 6.07) is 0. The summed E-state index contributed by atoms with van der Waals surface area (Å²) in [5, 5.41) is 2.31. The molecule has 11 heavy (non-hydrogen) atoms. The second-order valence-electron chi connectivity index (χ2n) is 4.95. The third-order valence-corrected chi connectivity index (χ3v) is 6.14. The summed E-state index contributed by atoms with van der Waals surface area (Å²) >= 11 is 2.29. The van der Waals surface area contributed by atoms with Crippen molar-refractivity contribution in [3.05, 3.63) is 0 Å². The molecule has 60 valence electrons. The van der Waals surface area contributed by atoms with Crippen LogP contribution in [0.1, 0.15) is 25.7 Å². The maximum atomic E-state index is 2.29. The van der Waals surface area contributed by atoms with E-state index in [0.29, 0.717) is 0 Å². The first kappa shape index (κ1) is 5.90. The third-order valence-electron chi connectivity index (χ3n) is 4.66. The van der Waals surface area contributed by atoms with E-state index >= 15 is 0 Å². The second kappa shape index (κ2) is 1.66. The molecule has 0 spiro atoms. The molecule has 1 aliphatic heterocycles. The third kappa shape index (κ3) is 0.577. The highest BCUT2D eigenvalue weighted by atomic mass is 32.2. The molecule has 6 atom stereocenters. The van der Waals surface area contributed by atoms with Crippen molar-refractivity contribution in [2.24, 2.45) is 23.7 Å².